The smallest absolute Gasteiger partial charge is 0.353 e. The molecule has 0 aromatic heterocycles. The van der Waals surface area contributed by atoms with Gasteiger partial charge < -0.3 is 8.92 Å². The summed E-state index contributed by atoms with van der Waals surface area (Å²) in [5.41, 5.74) is 0.927. The van der Waals surface area contributed by atoms with Crippen molar-refractivity contribution in [2.75, 3.05) is 6.61 Å². The van der Waals surface area contributed by atoms with Crippen LogP contribution in [0.25, 0.3) is 0 Å². The summed E-state index contributed by atoms with van der Waals surface area (Å²) in [6, 6.07) is 6.06. The van der Waals surface area contributed by atoms with Crippen LogP contribution in [0, 0.1) is 6.92 Å². The van der Waals surface area contributed by atoms with Crippen molar-refractivity contribution in [2.24, 2.45) is 0 Å². The van der Waals surface area contributed by atoms with Gasteiger partial charge in [0.05, 0.1) is 6.61 Å². The summed E-state index contributed by atoms with van der Waals surface area (Å²) in [6.07, 6.45) is -0.722. The van der Waals surface area contributed by atoms with Gasteiger partial charge in [-0.15, -0.1) is 0 Å². The van der Waals surface area contributed by atoms with Gasteiger partial charge in [-0.25, -0.2) is 4.79 Å². The highest BCUT2D eigenvalue weighted by molar-refractivity contribution is 7.87. The molecular weight excluding hydrogens is 232 g/mol. The van der Waals surface area contributed by atoms with Gasteiger partial charge in [0.2, 0.25) is 0 Å². The topological polar surface area (TPSA) is 73.0 Å². The molecule has 1 saturated heterocycles. The van der Waals surface area contributed by atoms with Crippen molar-refractivity contribution < 1.29 is 22.1 Å². The summed E-state index contributed by atoms with van der Waals surface area (Å²) in [6.45, 7) is 2.06. The molecule has 0 radical (unpaired) electrons. The van der Waals surface area contributed by atoms with Crippen LogP contribution in [0.1, 0.15) is 5.56 Å². The molecule has 5 nitrogen and oxygen atoms in total. The minimum absolute atomic E-state index is 0.0351. The van der Waals surface area contributed by atoms with Crippen LogP contribution in [-0.2, 0) is 23.8 Å². The summed E-state index contributed by atoms with van der Waals surface area (Å²) >= 11 is 0. The summed E-state index contributed by atoms with van der Waals surface area (Å²) in [7, 11) is -4.01. The lowest BCUT2D eigenvalue weighted by Crippen LogP contribution is -2.17. The molecule has 1 aliphatic rings. The third-order valence-electron chi connectivity index (χ3n) is 2.10. The van der Waals surface area contributed by atoms with Gasteiger partial charge in [0, 0.05) is 0 Å². The molecule has 1 unspecified atom stereocenters. The maximum absolute atomic E-state index is 11.6. The molecule has 0 amide bonds. The van der Waals surface area contributed by atoms with Crippen LogP contribution in [0.5, 0.6) is 0 Å². The highest BCUT2D eigenvalue weighted by atomic mass is 32.2. The van der Waals surface area contributed by atoms with Crippen molar-refractivity contribution >= 4 is 16.1 Å². The number of hydrogen-bond acceptors (Lipinski definition) is 5. The van der Waals surface area contributed by atoms with E-state index in [1.807, 2.05) is 6.92 Å². The average molecular weight is 242 g/mol. The number of aryl methyl sites for hydroxylation is 1. The minimum Gasteiger partial charge on any atom is -0.361 e. The molecule has 1 aliphatic heterocycles. The van der Waals surface area contributed by atoms with Crippen molar-refractivity contribution in [3.05, 3.63) is 29.8 Å². The van der Waals surface area contributed by atoms with Crippen LogP contribution in [0.4, 0.5) is 0 Å². The van der Waals surface area contributed by atoms with Crippen LogP contribution in [0.15, 0.2) is 29.2 Å². The van der Waals surface area contributed by atoms with E-state index in [0.717, 1.165) is 5.56 Å². The molecule has 0 saturated carbocycles. The fourth-order valence-electron chi connectivity index (χ4n) is 1.10. The standard InChI is InChI=1S/C10H10O5S/c1-7-2-4-8(5-3-7)16(12,13)15-10(11)9-6-14-9/h2-5,9H,6H2,1H3. The number of carbonyl (C=O) groups is 1. The third kappa shape index (κ3) is 2.40. The predicted molar refractivity (Wildman–Crippen MR) is 54.2 cm³/mol. The lowest BCUT2D eigenvalue weighted by Gasteiger charge is -2.04. The van der Waals surface area contributed by atoms with Crippen LogP contribution in [-0.4, -0.2) is 27.1 Å². The zero-order valence-electron chi connectivity index (χ0n) is 8.54. The Morgan fingerprint density at radius 1 is 1.38 bits per heavy atom. The molecule has 0 N–H and O–H groups in total. The Morgan fingerprint density at radius 2 is 1.94 bits per heavy atom. The van der Waals surface area contributed by atoms with Gasteiger partial charge in [-0.3, -0.25) is 0 Å². The van der Waals surface area contributed by atoms with E-state index in [9.17, 15) is 13.2 Å². The van der Waals surface area contributed by atoms with Gasteiger partial charge in [0.1, 0.15) is 4.90 Å². The normalized spacial score (nSPS) is 19.2. The van der Waals surface area contributed by atoms with Gasteiger partial charge in [0.25, 0.3) is 0 Å². The SMILES string of the molecule is Cc1ccc(S(=O)(=O)OC(=O)C2CO2)cc1. The third-order valence-corrected chi connectivity index (χ3v) is 3.33. The fraction of sp³-hybridized carbons (Fsp3) is 0.300. The van der Waals surface area contributed by atoms with Gasteiger partial charge in [-0.1, -0.05) is 17.7 Å². The van der Waals surface area contributed by atoms with E-state index in [2.05, 4.69) is 8.92 Å². The first-order valence-electron chi connectivity index (χ1n) is 4.66. The second-order valence-corrected chi connectivity index (χ2v) is 5.04. The molecule has 16 heavy (non-hydrogen) atoms. The second kappa shape index (κ2) is 3.88. The maximum Gasteiger partial charge on any atom is 0.353 e. The van der Waals surface area contributed by atoms with E-state index >= 15 is 0 Å². The molecule has 1 aromatic rings. The first-order chi connectivity index (χ1) is 7.49. The molecular formula is C10H10O5S. The van der Waals surface area contributed by atoms with E-state index in [1.54, 1.807) is 12.1 Å². The van der Waals surface area contributed by atoms with Gasteiger partial charge in [-0.2, -0.15) is 8.42 Å². The summed E-state index contributed by atoms with van der Waals surface area (Å²) < 4.78 is 32.2. The number of carbonyl (C=O) groups excluding carboxylic acids is 1. The lowest BCUT2D eigenvalue weighted by molar-refractivity contribution is -0.135. The predicted octanol–water partition coefficient (Wildman–Crippen LogP) is 0.626. The van der Waals surface area contributed by atoms with Gasteiger partial charge >= 0.3 is 16.1 Å². The molecule has 1 heterocycles. The maximum atomic E-state index is 11.6. The quantitative estimate of drug-likeness (QED) is 0.574. The molecule has 1 atom stereocenters. The van der Waals surface area contributed by atoms with E-state index in [4.69, 9.17) is 0 Å². The molecule has 2 rings (SSSR count). The Morgan fingerprint density at radius 3 is 2.44 bits per heavy atom. The zero-order valence-corrected chi connectivity index (χ0v) is 9.36. The number of epoxide rings is 1. The van der Waals surface area contributed by atoms with Crippen LogP contribution < -0.4 is 0 Å². The Labute approximate surface area is 93.1 Å². The molecule has 1 aromatic carbocycles. The second-order valence-electron chi connectivity index (χ2n) is 3.49. The molecule has 0 bridgehead atoms. The largest absolute Gasteiger partial charge is 0.361 e. The summed E-state index contributed by atoms with van der Waals surface area (Å²) in [5.74, 6) is -0.861. The van der Waals surface area contributed by atoms with Gasteiger partial charge in [-0.05, 0) is 19.1 Å². The number of rotatable bonds is 3. The van der Waals surface area contributed by atoms with Crippen LogP contribution in [0.3, 0.4) is 0 Å². The number of hydrogen-bond donors (Lipinski definition) is 0. The highest BCUT2D eigenvalue weighted by Gasteiger charge is 2.36. The Hall–Kier alpha value is -1.40. The molecule has 6 heteroatoms. The number of benzene rings is 1. The highest BCUT2D eigenvalue weighted by Crippen LogP contribution is 2.17. The molecule has 1 fully saturated rings. The van der Waals surface area contributed by atoms with Crippen molar-refractivity contribution in [3.8, 4) is 0 Å². The zero-order chi connectivity index (χ0) is 11.8. The summed E-state index contributed by atoms with van der Waals surface area (Å²) in [4.78, 5) is 11.1. The Kier molecular flexibility index (Phi) is 2.69. The van der Waals surface area contributed by atoms with Crippen LogP contribution >= 0.6 is 0 Å². The molecule has 0 aliphatic carbocycles. The van der Waals surface area contributed by atoms with E-state index < -0.39 is 22.2 Å². The van der Waals surface area contributed by atoms with E-state index in [0.29, 0.717) is 0 Å². The lowest BCUT2D eigenvalue weighted by atomic mass is 10.2. The monoisotopic (exact) mass is 242 g/mol. The summed E-state index contributed by atoms with van der Waals surface area (Å²) in [5, 5.41) is 0. The average Bonchev–Trinajstić information content (AvgIpc) is 3.00. The Balaban J connectivity index is 2.17. The molecule has 0 spiro atoms. The molecule has 86 valence electrons. The van der Waals surface area contributed by atoms with Gasteiger partial charge in [0.15, 0.2) is 6.10 Å². The number of ether oxygens (including phenoxy) is 1. The first-order valence-corrected chi connectivity index (χ1v) is 6.06. The van der Waals surface area contributed by atoms with Crippen molar-refractivity contribution in [1.82, 2.24) is 0 Å². The van der Waals surface area contributed by atoms with Crippen molar-refractivity contribution in [3.63, 3.8) is 0 Å². The van der Waals surface area contributed by atoms with E-state index in [1.165, 1.54) is 12.1 Å². The van der Waals surface area contributed by atoms with Crippen molar-refractivity contribution in [1.29, 1.82) is 0 Å². The fourth-order valence-corrected chi connectivity index (χ4v) is 1.99. The minimum atomic E-state index is -4.01. The van der Waals surface area contributed by atoms with E-state index in [-0.39, 0.29) is 11.5 Å². The van der Waals surface area contributed by atoms with Crippen molar-refractivity contribution in [2.45, 2.75) is 17.9 Å². The first kappa shape index (κ1) is 11.1. The van der Waals surface area contributed by atoms with Crippen LogP contribution in [0.2, 0.25) is 0 Å². The Bertz CT molecular complexity index is 499.